The highest BCUT2D eigenvalue weighted by molar-refractivity contribution is 6.34. The van der Waals surface area contributed by atoms with Crippen molar-refractivity contribution in [1.29, 1.82) is 0 Å². The first-order valence-corrected chi connectivity index (χ1v) is 9.55. The highest BCUT2D eigenvalue weighted by Gasteiger charge is 2.10. The normalized spacial score (nSPS) is 10.3. The molecule has 0 spiro atoms. The standard InChI is InChI=1S/C21H25ClN2O3/c1-3-5-13-27-17-10-7-15(8-11-17)21(26)24-19-14-16(9-12-18(19)22)23-20(25)6-4-2/h7-12,14H,3-6,13H2,1-2H3,(H,23,25)(H,24,26). The monoisotopic (exact) mass is 388 g/mol. The van der Waals surface area contributed by atoms with Crippen LogP contribution in [0.1, 0.15) is 49.9 Å². The van der Waals surface area contributed by atoms with Crippen LogP contribution in [0, 0.1) is 0 Å². The van der Waals surface area contributed by atoms with E-state index in [-0.39, 0.29) is 11.8 Å². The molecule has 2 aromatic carbocycles. The lowest BCUT2D eigenvalue weighted by atomic mass is 10.2. The van der Waals surface area contributed by atoms with Gasteiger partial charge >= 0.3 is 0 Å². The van der Waals surface area contributed by atoms with E-state index >= 15 is 0 Å². The molecule has 2 rings (SSSR count). The molecule has 0 aliphatic rings. The largest absolute Gasteiger partial charge is 0.494 e. The Bertz CT molecular complexity index is 775. The van der Waals surface area contributed by atoms with Crippen LogP contribution in [0.15, 0.2) is 42.5 Å². The average Bonchev–Trinajstić information content (AvgIpc) is 2.65. The Kier molecular flexibility index (Phi) is 8.14. The molecule has 0 aliphatic carbocycles. The molecule has 2 amide bonds. The number of ether oxygens (including phenoxy) is 1. The van der Waals surface area contributed by atoms with E-state index in [1.807, 2.05) is 6.92 Å². The van der Waals surface area contributed by atoms with Gasteiger partial charge in [0.15, 0.2) is 0 Å². The summed E-state index contributed by atoms with van der Waals surface area (Å²) in [6.45, 7) is 4.70. The van der Waals surface area contributed by atoms with E-state index in [9.17, 15) is 9.59 Å². The van der Waals surface area contributed by atoms with Crippen molar-refractivity contribution in [3.63, 3.8) is 0 Å². The topological polar surface area (TPSA) is 67.4 Å². The van der Waals surface area contributed by atoms with Crippen molar-refractivity contribution in [2.24, 2.45) is 0 Å². The molecular formula is C21H25ClN2O3. The number of benzene rings is 2. The first-order chi connectivity index (χ1) is 13.0. The number of rotatable bonds is 9. The molecule has 0 heterocycles. The smallest absolute Gasteiger partial charge is 0.255 e. The predicted molar refractivity (Wildman–Crippen MR) is 110 cm³/mol. The molecule has 144 valence electrons. The van der Waals surface area contributed by atoms with E-state index in [1.54, 1.807) is 42.5 Å². The van der Waals surface area contributed by atoms with Gasteiger partial charge in [0.2, 0.25) is 5.91 Å². The molecule has 5 nitrogen and oxygen atoms in total. The molecule has 0 bridgehead atoms. The molecule has 6 heteroatoms. The number of anilines is 2. The number of hydrogen-bond acceptors (Lipinski definition) is 3. The minimum atomic E-state index is -0.283. The fourth-order valence-electron chi connectivity index (χ4n) is 2.38. The summed E-state index contributed by atoms with van der Waals surface area (Å²) in [4.78, 5) is 24.2. The van der Waals surface area contributed by atoms with Crippen molar-refractivity contribution >= 4 is 34.8 Å². The number of carbonyl (C=O) groups excluding carboxylic acids is 2. The van der Waals surface area contributed by atoms with Crippen LogP contribution in [0.5, 0.6) is 5.75 Å². The zero-order valence-electron chi connectivity index (χ0n) is 15.7. The van der Waals surface area contributed by atoms with Gasteiger partial charge in [-0.05, 0) is 55.3 Å². The first kappa shape index (κ1) is 20.8. The summed E-state index contributed by atoms with van der Waals surface area (Å²) >= 11 is 6.17. The highest BCUT2D eigenvalue weighted by atomic mass is 35.5. The van der Waals surface area contributed by atoms with Crippen LogP contribution in [0.4, 0.5) is 11.4 Å². The third-order valence-corrected chi connectivity index (χ3v) is 4.19. The number of amides is 2. The lowest BCUT2D eigenvalue weighted by molar-refractivity contribution is -0.116. The van der Waals surface area contributed by atoms with Gasteiger partial charge in [0.1, 0.15) is 5.75 Å². The maximum absolute atomic E-state index is 12.5. The molecule has 2 aromatic rings. The van der Waals surface area contributed by atoms with Crippen LogP contribution in [0.2, 0.25) is 5.02 Å². The SMILES string of the molecule is CCCCOc1ccc(C(=O)Nc2cc(NC(=O)CCC)ccc2Cl)cc1. The van der Waals surface area contributed by atoms with Gasteiger partial charge in [-0.2, -0.15) is 0 Å². The van der Waals surface area contributed by atoms with E-state index < -0.39 is 0 Å². The van der Waals surface area contributed by atoms with Crippen LogP contribution < -0.4 is 15.4 Å². The van der Waals surface area contributed by atoms with Gasteiger partial charge in [-0.25, -0.2) is 0 Å². The van der Waals surface area contributed by atoms with Gasteiger partial charge in [-0.15, -0.1) is 0 Å². The third-order valence-electron chi connectivity index (χ3n) is 3.86. The van der Waals surface area contributed by atoms with E-state index in [4.69, 9.17) is 16.3 Å². The van der Waals surface area contributed by atoms with Gasteiger partial charge in [0, 0.05) is 17.7 Å². The molecule has 0 atom stereocenters. The van der Waals surface area contributed by atoms with Crippen LogP contribution >= 0.6 is 11.6 Å². The second-order valence-corrected chi connectivity index (χ2v) is 6.58. The maximum Gasteiger partial charge on any atom is 0.255 e. The summed E-state index contributed by atoms with van der Waals surface area (Å²) < 4.78 is 5.60. The zero-order chi connectivity index (χ0) is 19.6. The summed E-state index contributed by atoms with van der Waals surface area (Å²) in [6.07, 6.45) is 3.27. The molecule has 0 unspecified atom stereocenters. The van der Waals surface area contributed by atoms with Gasteiger partial charge in [-0.3, -0.25) is 9.59 Å². The van der Waals surface area contributed by atoms with Gasteiger partial charge in [-0.1, -0.05) is 31.9 Å². The molecular weight excluding hydrogens is 364 g/mol. The number of unbranched alkanes of at least 4 members (excludes halogenated alkanes) is 1. The molecule has 27 heavy (non-hydrogen) atoms. The van der Waals surface area contributed by atoms with Gasteiger partial charge in [0.25, 0.3) is 5.91 Å². The highest BCUT2D eigenvalue weighted by Crippen LogP contribution is 2.26. The van der Waals surface area contributed by atoms with E-state index in [2.05, 4.69) is 17.6 Å². The van der Waals surface area contributed by atoms with Gasteiger partial charge < -0.3 is 15.4 Å². The van der Waals surface area contributed by atoms with Crippen LogP contribution in [0.25, 0.3) is 0 Å². The summed E-state index contributed by atoms with van der Waals surface area (Å²) in [6, 6.07) is 11.9. The minimum absolute atomic E-state index is 0.0734. The molecule has 0 aromatic heterocycles. The summed E-state index contributed by atoms with van der Waals surface area (Å²) in [5.74, 6) is 0.378. The Labute approximate surface area is 165 Å². The molecule has 2 N–H and O–H groups in total. The van der Waals surface area contributed by atoms with Crippen LogP contribution in [-0.2, 0) is 4.79 Å². The summed E-state index contributed by atoms with van der Waals surface area (Å²) in [5, 5.41) is 5.97. The van der Waals surface area contributed by atoms with E-state index in [0.29, 0.717) is 35.0 Å². The molecule has 0 saturated carbocycles. The Balaban J connectivity index is 2.03. The Hall–Kier alpha value is -2.53. The van der Waals surface area contributed by atoms with Gasteiger partial charge in [0.05, 0.1) is 17.3 Å². The fourth-order valence-corrected chi connectivity index (χ4v) is 2.55. The van der Waals surface area contributed by atoms with Crippen molar-refractivity contribution in [3.05, 3.63) is 53.1 Å². The Morgan fingerprint density at radius 2 is 1.74 bits per heavy atom. The quantitative estimate of drug-likeness (QED) is 0.556. The van der Waals surface area contributed by atoms with E-state index in [0.717, 1.165) is 25.0 Å². The van der Waals surface area contributed by atoms with Crippen molar-refractivity contribution in [2.45, 2.75) is 39.5 Å². The first-order valence-electron chi connectivity index (χ1n) is 9.17. The van der Waals surface area contributed by atoms with Crippen molar-refractivity contribution in [3.8, 4) is 5.75 Å². The molecule has 0 radical (unpaired) electrons. The number of carbonyl (C=O) groups is 2. The second-order valence-electron chi connectivity index (χ2n) is 6.17. The minimum Gasteiger partial charge on any atom is -0.494 e. The Morgan fingerprint density at radius 1 is 1.00 bits per heavy atom. The summed E-state index contributed by atoms with van der Waals surface area (Å²) in [5.41, 5.74) is 1.53. The van der Waals surface area contributed by atoms with Crippen molar-refractivity contribution in [1.82, 2.24) is 0 Å². The molecule has 0 fully saturated rings. The number of hydrogen-bond donors (Lipinski definition) is 2. The Morgan fingerprint density at radius 3 is 2.41 bits per heavy atom. The fraction of sp³-hybridized carbons (Fsp3) is 0.333. The maximum atomic E-state index is 12.5. The zero-order valence-corrected chi connectivity index (χ0v) is 16.4. The summed E-state index contributed by atoms with van der Waals surface area (Å²) in [7, 11) is 0. The number of halogens is 1. The lowest BCUT2D eigenvalue weighted by Crippen LogP contribution is -2.14. The van der Waals surface area contributed by atoms with Crippen molar-refractivity contribution < 1.29 is 14.3 Å². The average molecular weight is 389 g/mol. The molecule has 0 aliphatic heterocycles. The number of nitrogens with one attached hydrogen (secondary N) is 2. The van der Waals surface area contributed by atoms with Crippen LogP contribution in [-0.4, -0.2) is 18.4 Å². The predicted octanol–water partition coefficient (Wildman–Crippen LogP) is 5.51. The lowest BCUT2D eigenvalue weighted by Gasteiger charge is -2.11. The van der Waals surface area contributed by atoms with E-state index in [1.165, 1.54) is 0 Å². The van der Waals surface area contributed by atoms with Crippen LogP contribution in [0.3, 0.4) is 0 Å². The third kappa shape index (κ3) is 6.61. The second kappa shape index (κ2) is 10.6. The molecule has 0 saturated heterocycles. The van der Waals surface area contributed by atoms with Crippen molar-refractivity contribution in [2.75, 3.05) is 17.2 Å².